The number of halogens is 1. The van der Waals surface area contributed by atoms with E-state index < -0.39 is 0 Å². The Balaban J connectivity index is 1.72. The van der Waals surface area contributed by atoms with Gasteiger partial charge in [-0.05, 0) is 51.1 Å². The highest BCUT2D eigenvalue weighted by Crippen LogP contribution is 2.31. The van der Waals surface area contributed by atoms with E-state index in [4.69, 9.17) is 4.42 Å². The molecule has 0 bridgehead atoms. The molecule has 5 nitrogen and oxygen atoms in total. The second-order valence-electron chi connectivity index (χ2n) is 6.80. The fraction of sp³-hybridized carbons (Fsp3) is 0.474. The molecular formula is C19H24FN3O2. The molecule has 2 aromatic rings. The Hall–Kier alpha value is -2.21. The number of carbonyl (C=O) groups is 1. The van der Waals surface area contributed by atoms with Gasteiger partial charge >= 0.3 is 0 Å². The predicted molar refractivity (Wildman–Crippen MR) is 92.6 cm³/mol. The van der Waals surface area contributed by atoms with Crippen molar-refractivity contribution in [3.63, 3.8) is 0 Å². The fourth-order valence-electron chi connectivity index (χ4n) is 3.21. The maximum Gasteiger partial charge on any atom is 0.237 e. The van der Waals surface area contributed by atoms with Crippen LogP contribution in [0.3, 0.4) is 0 Å². The summed E-state index contributed by atoms with van der Waals surface area (Å²) in [6.07, 6.45) is 5.22. The number of hydrogen-bond donors (Lipinski definition) is 0. The zero-order chi connectivity index (χ0) is 17.8. The maximum absolute atomic E-state index is 13.0. The van der Waals surface area contributed by atoms with Crippen molar-refractivity contribution in [3.05, 3.63) is 53.5 Å². The number of benzene rings is 1. The summed E-state index contributed by atoms with van der Waals surface area (Å²) < 4.78 is 18.9. The number of piperidine rings is 1. The van der Waals surface area contributed by atoms with Crippen LogP contribution in [0.25, 0.3) is 0 Å². The first-order valence-electron chi connectivity index (χ1n) is 8.66. The number of likely N-dealkylation sites (N-methyl/N-ethyl adjacent to an activating group) is 1. The molecule has 1 saturated heterocycles. The highest BCUT2D eigenvalue weighted by molar-refractivity contribution is 5.78. The molecule has 2 heterocycles. The van der Waals surface area contributed by atoms with Crippen LogP contribution in [0, 0.1) is 5.82 Å². The van der Waals surface area contributed by atoms with Crippen LogP contribution >= 0.6 is 0 Å². The number of hydrogen-bond acceptors (Lipinski definition) is 4. The van der Waals surface area contributed by atoms with Gasteiger partial charge < -0.3 is 14.2 Å². The number of oxazole rings is 1. The molecule has 0 radical (unpaired) electrons. The summed E-state index contributed by atoms with van der Waals surface area (Å²) in [5.74, 6) is 1.18. The third-order valence-electron chi connectivity index (χ3n) is 4.42. The topological polar surface area (TPSA) is 49.6 Å². The van der Waals surface area contributed by atoms with Crippen LogP contribution in [-0.4, -0.2) is 47.9 Å². The summed E-state index contributed by atoms with van der Waals surface area (Å²) >= 11 is 0. The molecule has 0 aliphatic carbocycles. The van der Waals surface area contributed by atoms with Crippen LogP contribution < -0.4 is 0 Å². The summed E-state index contributed by atoms with van der Waals surface area (Å²) in [5.41, 5.74) is 0.966. The monoisotopic (exact) mass is 345 g/mol. The van der Waals surface area contributed by atoms with Crippen LogP contribution in [0.5, 0.6) is 0 Å². The number of carbonyl (C=O) groups excluding carboxylic acids is 1. The van der Waals surface area contributed by atoms with Gasteiger partial charge in [-0.3, -0.25) is 4.79 Å². The lowest BCUT2D eigenvalue weighted by molar-refractivity contribution is -0.136. The first-order chi connectivity index (χ1) is 12.0. The van der Waals surface area contributed by atoms with Gasteiger partial charge in [0.2, 0.25) is 11.8 Å². The Morgan fingerprint density at radius 1 is 1.32 bits per heavy atom. The number of aromatic nitrogens is 1. The van der Waals surface area contributed by atoms with Crippen molar-refractivity contribution in [1.29, 1.82) is 0 Å². The highest BCUT2D eigenvalue weighted by Gasteiger charge is 2.31. The average molecular weight is 345 g/mol. The third kappa shape index (κ3) is 4.45. The molecule has 3 rings (SSSR count). The first kappa shape index (κ1) is 17.6. The molecule has 134 valence electrons. The number of nitrogens with zero attached hydrogens (tertiary/aromatic N) is 3. The average Bonchev–Trinajstić information content (AvgIpc) is 3.05. The maximum atomic E-state index is 13.0. The SMILES string of the molecule is CN(C)CC(=O)N1CCCC[C@H]1c1ncc(Cc2ccc(F)cc2)o1. The summed E-state index contributed by atoms with van der Waals surface area (Å²) in [6, 6.07) is 6.27. The van der Waals surface area contributed by atoms with Gasteiger partial charge in [0.15, 0.2) is 0 Å². The van der Waals surface area contributed by atoms with Crippen molar-refractivity contribution in [2.75, 3.05) is 27.2 Å². The second-order valence-corrected chi connectivity index (χ2v) is 6.80. The van der Waals surface area contributed by atoms with Crippen molar-refractivity contribution in [3.8, 4) is 0 Å². The summed E-state index contributed by atoms with van der Waals surface area (Å²) in [7, 11) is 3.78. The van der Waals surface area contributed by atoms with E-state index in [-0.39, 0.29) is 17.8 Å². The van der Waals surface area contributed by atoms with Crippen molar-refractivity contribution in [2.24, 2.45) is 0 Å². The standard InChI is InChI=1S/C19H24FN3O2/c1-22(2)13-18(24)23-10-4-3-5-17(23)19-21-12-16(25-19)11-14-6-8-15(20)9-7-14/h6-9,12,17H,3-5,10-11,13H2,1-2H3/t17-/m0/s1. The van der Waals surface area contributed by atoms with Gasteiger partial charge in [-0.2, -0.15) is 0 Å². The minimum Gasteiger partial charge on any atom is -0.443 e. The normalized spacial score (nSPS) is 17.9. The van der Waals surface area contributed by atoms with E-state index in [9.17, 15) is 9.18 Å². The van der Waals surface area contributed by atoms with Crippen molar-refractivity contribution >= 4 is 5.91 Å². The minimum absolute atomic E-state index is 0.0943. The Morgan fingerprint density at radius 2 is 2.08 bits per heavy atom. The molecule has 1 fully saturated rings. The van der Waals surface area contributed by atoms with Gasteiger partial charge in [-0.15, -0.1) is 0 Å². The van der Waals surface area contributed by atoms with Gasteiger partial charge in [0.05, 0.1) is 12.7 Å². The molecule has 0 unspecified atom stereocenters. The lowest BCUT2D eigenvalue weighted by Crippen LogP contribution is -2.42. The van der Waals surface area contributed by atoms with Crippen LogP contribution in [0.1, 0.15) is 42.5 Å². The number of amides is 1. The van der Waals surface area contributed by atoms with Crippen LogP contribution in [0.2, 0.25) is 0 Å². The quantitative estimate of drug-likeness (QED) is 0.836. The van der Waals surface area contributed by atoms with Crippen molar-refractivity contribution < 1.29 is 13.6 Å². The molecule has 1 aliphatic heterocycles. The molecule has 0 N–H and O–H groups in total. The van der Waals surface area contributed by atoms with Crippen molar-refractivity contribution in [2.45, 2.75) is 31.7 Å². The smallest absolute Gasteiger partial charge is 0.237 e. The molecular weight excluding hydrogens is 321 g/mol. The molecule has 6 heteroatoms. The molecule has 1 amide bonds. The largest absolute Gasteiger partial charge is 0.443 e. The summed E-state index contributed by atoms with van der Waals surface area (Å²) in [6.45, 7) is 1.13. The predicted octanol–water partition coefficient (Wildman–Crippen LogP) is 3.02. The molecule has 0 saturated carbocycles. The zero-order valence-electron chi connectivity index (χ0n) is 14.7. The van der Waals surface area contributed by atoms with E-state index in [2.05, 4.69) is 4.98 Å². The Morgan fingerprint density at radius 3 is 2.80 bits per heavy atom. The highest BCUT2D eigenvalue weighted by atomic mass is 19.1. The van der Waals surface area contributed by atoms with Gasteiger partial charge in [0.25, 0.3) is 0 Å². The third-order valence-corrected chi connectivity index (χ3v) is 4.42. The lowest BCUT2D eigenvalue weighted by atomic mass is 10.0. The zero-order valence-corrected chi connectivity index (χ0v) is 14.7. The first-order valence-corrected chi connectivity index (χ1v) is 8.66. The van der Waals surface area contributed by atoms with E-state index >= 15 is 0 Å². The van der Waals surface area contributed by atoms with E-state index in [1.807, 2.05) is 23.9 Å². The molecule has 0 spiro atoms. The molecule has 1 aliphatic rings. The lowest BCUT2D eigenvalue weighted by Gasteiger charge is -2.34. The fourth-order valence-corrected chi connectivity index (χ4v) is 3.21. The molecule has 1 aromatic carbocycles. The van der Waals surface area contributed by atoms with Crippen LogP contribution in [0.4, 0.5) is 4.39 Å². The Bertz CT molecular complexity index is 712. The summed E-state index contributed by atoms with van der Waals surface area (Å²) in [5, 5.41) is 0. The number of rotatable bonds is 5. The van der Waals surface area contributed by atoms with E-state index in [1.165, 1.54) is 12.1 Å². The van der Waals surface area contributed by atoms with Gasteiger partial charge in [0.1, 0.15) is 17.6 Å². The van der Waals surface area contributed by atoms with Crippen molar-refractivity contribution in [1.82, 2.24) is 14.8 Å². The Kier molecular flexibility index (Phi) is 5.48. The van der Waals surface area contributed by atoms with E-state index in [0.717, 1.165) is 37.1 Å². The summed E-state index contributed by atoms with van der Waals surface area (Å²) in [4.78, 5) is 20.7. The molecule has 1 atom stereocenters. The van der Waals surface area contributed by atoms with Gasteiger partial charge in [-0.1, -0.05) is 12.1 Å². The minimum atomic E-state index is -0.251. The molecule has 25 heavy (non-hydrogen) atoms. The van der Waals surface area contributed by atoms with E-state index in [1.54, 1.807) is 18.3 Å². The van der Waals surface area contributed by atoms with Crippen LogP contribution in [0.15, 0.2) is 34.9 Å². The van der Waals surface area contributed by atoms with Gasteiger partial charge in [-0.25, -0.2) is 9.37 Å². The second kappa shape index (κ2) is 7.78. The van der Waals surface area contributed by atoms with E-state index in [0.29, 0.717) is 18.9 Å². The number of likely N-dealkylation sites (tertiary alicyclic amines) is 1. The molecule has 1 aromatic heterocycles. The Labute approximate surface area is 147 Å². The van der Waals surface area contributed by atoms with Crippen LogP contribution in [-0.2, 0) is 11.2 Å². The van der Waals surface area contributed by atoms with Gasteiger partial charge in [0, 0.05) is 13.0 Å².